The second kappa shape index (κ2) is 9.42. The van der Waals surface area contributed by atoms with Crippen LogP contribution in [0.25, 0.3) is 21.9 Å². The number of imidazole rings is 1. The van der Waals surface area contributed by atoms with Crippen molar-refractivity contribution < 1.29 is 0 Å². The first-order chi connectivity index (χ1) is 13.6. The van der Waals surface area contributed by atoms with Crippen LogP contribution >= 0.6 is 0 Å². The summed E-state index contributed by atoms with van der Waals surface area (Å²) in [6, 6.07) is 24.1. The van der Waals surface area contributed by atoms with Crippen LogP contribution < -0.4 is 0 Å². The summed E-state index contributed by atoms with van der Waals surface area (Å²) < 4.78 is 0. The molecule has 0 atom stereocenters. The number of nitrogens with zero attached hydrogens (tertiary/aromatic N) is 3. The number of hydrogen-bond acceptors (Lipinski definition) is 3. The van der Waals surface area contributed by atoms with Gasteiger partial charge in [-0.2, -0.15) is 0 Å². The quantitative estimate of drug-likeness (QED) is 0.375. The van der Waals surface area contributed by atoms with Crippen molar-refractivity contribution in [3.63, 3.8) is 0 Å². The van der Waals surface area contributed by atoms with Gasteiger partial charge in [-0.15, -0.1) is 0 Å². The number of fused-ring (bicyclic) bond motifs is 2. The maximum absolute atomic E-state index is 4.26. The van der Waals surface area contributed by atoms with E-state index in [1.165, 1.54) is 10.9 Å². The summed E-state index contributed by atoms with van der Waals surface area (Å²) in [5.41, 5.74) is 5.59. The number of nitrogens with one attached hydrogen (secondary N) is 1. The van der Waals surface area contributed by atoms with Gasteiger partial charge in [0.25, 0.3) is 0 Å². The zero-order chi connectivity index (χ0) is 19.8. The summed E-state index contributed by atoms with van der Waals surface area (Å²) in [5.74, 6) is 0.973. The fraction of sp³-hybridized carbons (Fsp3) is 0.125. The Hall–Kier alpha value is -3.53. The van der Waals surface area contributed by atoms with E-state index in [0.29, 0.717) is 0 Å². The Labute approximate surface area is 165 Å². The molecule has 5 rings (SSSR count). The SMILES string of the molecule is Cc1cccnc1C.Cc1nc2ccccc2[nH]1.c1ccc2ncccc2c1. The summed E-state index contributed by atoms with van der Waals surface area (Å²) in [6.45, 7) is 6.03. The van der Waals surface area contributed by atoms with Crippen LogP contribution in [0.4, 0.5) is 0 Å². The van der Waals surface area contributed by atoms with Crippen LogP contribution in [0, 0.1) is 20.8 Å². The molecule has 3 aromatic heterocycles. The summed E-state index contributed by atoms with van der Waals surface area (Å²) >= 11 is 0. The van der Waals surface area contributed by atoms with E-state index in [2.05, 4.69) is 45.1 Å². The number of benzene rings is 2. The van der Waals surface area contributed by atoms with E-state index in [1.807, 2.05) is 80.8 Å². The van der Waals surface area contributed by atoms with Gasteiger partial charge in [-0.25, -0.2) is 4.98 Å². The first-order valence-electron chi connectivity index (χ1n) is 9.23. The molecule has 0 aliphatic carbocycles. The lowest BCUT2D eigenvalue weighted by Gasteiger charge is -1.92. The standard InChI is InChI=1S/C9H7N.C8H8N2.C7H9N/c1-2-6-9-8(4-1)5-3-7-10-9;1-6-9-7-4-2-3-5-8(7)10-6;1-6-4-3-5-8-7(6)2/h1-7H;2-5H,1H3,(H,9,10);3-5H,1-2H3. The molecule has 0 radical (unpaired) electrons. The maximum Gasteiger partial charge on any atom is 0.104 e. The van der Waals surface area contributed by atoms with Gasteiger partial charge in [-0.3, -0.25) is 9.97 Å². The highest BCUT2D eigenvalue weighted by molar-refractivity contribution is 5.77. The lowest BCUT2D eigenvalue weighted by atomic mass is 10.2. The molecule has 0 aliphatic heterocycles. The van der Waals surface area contributed by atoms with E-state index < -0.39 is 0 Å². The molecule has 5 aromatic rings. The third-order valence-corrected chi connectivity index (χ3v) is 4.29. The molecule has 140 valence electrons. The first kappa shape index (κ1) is 19.2. The fourth-order valence-corrected chi connectivity index (χ4v) is 2.66. The van der Waals surface area contributed by atoms with Gasteiger partial charge in [0, 0.05) is 23.5 Å². The van der Waals surface area contributed by atoms with Crippen LogP contribution in [-0.2, 0) is 0 Å². The van der Waals surface area contributed by atoms with Gasteiger partial charge >= 0.3 is 0 Å². The highest BCUT2D eigenvalue weighted by atomic mass is 14.9. The van der Waals surface area contributed by atoms with Gasteiger partial charge in [0.1, 0.15) is 5.82 Å². The number of aromatic nitrogens is 4. The molecule has 3 heterocycles. The largest absolute Gasteiger partial charge is 0.342 e. The number of hydrogen-bond donors (Lipinski definition) is 1. The van der Waals surface area contributed by atoms with Gasteiger partial charge in [-0.1, -0.05) is 42.5 Å². The zero-order valence-corrected chi connectivity index (χ0v) is 16.4. The summed E-state index contributed by atoms with van der Waals surface area (Å²) in [7, 11) is 0. The molecule has 2 aromatic carbocycles. The monoisotopic (exact) mass is 368 g/mol. The second-order valence-electron chi connectivity index (χ2n) is 6.44. The molecule has 1 N–H and O–H groups in total. The van der Waals surface area contributed by atoms with E-state index in [1.54, 1.807) is 0 Å². The minimum atomic E-state index is 0.973. The smallest absolute Gasteiger partial charge is 0.104 e. The lowest BCUT2D eigenvalue weighted by molar-refractivity contribution is 1.15. The van der Waals surface area contributed by atoms with Crippen LogP contribution in [0.15, 0.2) is 85.2 Å². The minimum Gasteiger partial charge on any atom is -0.342 e. The molecule has 0 unspecified atom stereocenters. The minimum absolute atomic E-state index is 0.973. The topological polar surface area (TPSA) is 54.5 Å². The fourth-order valence-electron chi connectivity index (χ4n) is 2.66. The molecule has 0 fully saturated rings. The van der Waals surface area contributed by atoms with Crippen molar-refractivity contribution in [2.75, 3.05) is 0 Å². The summed E-state index contributed by atoms with van der Waals surface area (Å²) in [5, 5.41) is 1.20. The van der Waals surface area contributed by atoms with Gasteiger partial charge in [0.05, 0.1) is 16.6 Å². The van der Waals surface area contributed by atoms with Gasteiger partial charge in [-0.05, 0) is 56.7 Å². The average Bonchev–Trinajstić information content (AvgIpc) is 3.11. The predicted molar refractivity (Wildman–Crippen MR) is 116 cm³/mol. The predicted octanol–water partition coefficient (Wildman–Crippen LogP) is 5.80. The maximum atomic E-state index is 4.26. The molecule has 0 amide bonds. The Morgan fingerprint density at radius 2 is 1.29 bits per heavy atom. The zero-order valence-electron chi connectivity index (χ0n) is 16.4. The number of rotatable bonds is 0. The van der Waals surface area contributed by atoms with Crippen molar-refractivity contribution in [1.82, 2.24) is 19.9 Å². The highest BCUT2D eigenvalue weighted by Crippen LogP contribution is 2.09. The highest BCUT2D eigenvalue weighted by Gasteiger charge is 1.94. The molecule has 0 bridgehead atoms. The molecule has 0 saturated heterocycles. The Morgan fingerprint density at radius 3 is 1.96 bits per heavy atom. The van der Waals surface area contributed by atoms with Crippen LogP contribution in [0.5, 0.6) is 0 Å². The van der Waals surface area contributed by atoms with Gasteiger partial charge < -0.3 is 4.98 Å². The van der Waals surface area contributed by atoms with Crippen LogP contribution in [0.3, 0.4) is 0 Å². The number of aromatic amines is 1. The van der Waals surface area contributed by atoms with E-state index in [0.717, 1.165) is 28.1 Å². The number of H-pyrrole nitrogens is 1. The molecule has 0 saturated carbocycles. The van der Waals surface area contributed by atoms with Crippen molar-refractivity contribution in [3.8, 4) is 0 Å². The van der Waals surface area contributed by atoms with E-state index >= 15 is 0 Å². The second-order valence-corrected chi connectivity index (χ2v) is 6.44. The molecular weight excluding hydrogens is 344 g/mol. The van der Waals surface area contributed by atoms with Crippen molar-refractivity contribution in [1.29, 1.82) is 0 Å². The van der Waals surface area contributed by atoms with E-state index in [9.17, 15) is 0 Å². The van der Waals surface area contributed by atoms with Crippen molar-refractivity contribution in [2.24, 2.45) is 0 Å². The Bertz CT molecular complexity index is 1040. The number of aryl methyl sites for hydroxylation is 3. The third-order valence-electron chi connectivity index (χ3n) is 4.29. The van der Waals surface area contributed by atoms with Crippen molar-refractivity contribution in [2.45, 2.75) is 20.8 Å². The molecule has 28 heavy (non-hydrogen) atoms. The Kier molecular flexibility index (Phi) is 6.47. The Balaban J connectivity index is 0.000000122. The van der Waals surface area contributed by atoms with Crippen LogP contribution in [-0.4, -0.2) is 19.9 Å². The van der Waals surface area contributed by atoms with Crippen LogP contribution in [0.1, 0.15) is 17.1 Å². The van der Waals surface area contributed by atoms with Crippen molar-refractivity contribution >= 4 is 21.9 Å². The molecule has 4 heteroatoms. The summed E-state index contributed by atoms with van der Waals surface area (Å²) in [4.78, 5) is 15.7. The molecule has 0 aliphatic rings. The first-order valence-corrected chi connectivity index (χ1v) is 9.23. The molecule has 0 spiro atoms. The summed E-state index contributed by atoms with van der Waals surface area (Å²) in [6.07, 6.45) is 3.62. The average molecular weight is 368 g/mol. The molecular formula is C24H24N4. The van der Waals surface area contributed by atoms with Gasteiger partial charge in [0.2, 0.25) is 0 Å². The van der Waals surface area contributed by atoms with Gasteiger partial charge in [0.15, 0.2) is 0 Å². The number of para-hydroxylation sites is 3. The third kappa shape index (κ3) is 5.24. The molecule has 4 nitrogen and oxygen atoms in total. The lowest BCUT2D eigenvalue weighted by Crippen LogP contribution is -1.81. The number of pyridine rings is 2. The van der Waals surface area contributed by atoms with Crippen LogP contribution in [0.2, 0.25) is 0 Å². The van der Waals surface area contributed by atoms with E-state index in [4.69, 9.17) is 0 Å². The Morgan fingerprint density at radius 1 is 0.643 bits per heavy atom. The van der Waals surface area contributed by atoms with Crippen molar-refractivity contribution in [3.05, 3.63) is 102 Å². The normalized spacial score (nSPS) is 9.96. The van der Waals surface area contributed by atoms with E-state index in [-0.39, 0.29) is 0 Å².